The maximum atomic E-state index is 12.7. The van der Waals surface area contributed by atoms with Gasteiger partial charge in [-0.2, -0.15) is 0 Å². The van der Waals surface area contributed by atoms with E-state index in [9.17, 15) is 9.59 Å². The third-order valence-electron chi connectivity index (χ3n) is 4.95. The van der Waals surface area contributed by atoms with Gasteiger partial charge in [0.25, 0.3) is 0 Å². The number of amides is 1. The van der Waals surface area contributed by atoms with Gasteiger partial charge in [-0.05, 0) is 62.9 Å². The minimum atomic E-state index is -0.602. The number of nitrogens with zero attached hydrogens (tertiary/aromatic N) is 1. The molecule has 0 aliphatic carbocycles. The van der Waals surface area contributed by atoms with Crippen LogP contribution in [0.2, 0.25) is 0 Å². The van der Waals surface area contributed by atoms with Crippen LogP contribution in [-0.2, 0) is 20.9 Å². The van der Waals surface area contributed by atoms with Crippen LogP contribution < -0.4 is 4.74 Å². The predicted octanol–water partition coefficient (Wildman–Crippen LogP) is 5.22. The highest BCUT2D eigenvalue weighted by Crippen LogP contribution is 2.31. The van der Waals surface area contributed by atoms with Crippen molar-refractivity contribution in [3.63, 3.8) is 0 Å². The molecule has 0 radical (unpaired) electrons. The van der Waals surface area contributed by atoms with Gasteiger partial charge in [-0.1, -0.05) is 42.5 Å². The molecule has 0 atom stereocenters. The summed E-state index contributed by atoms with van der Waals surface area (Å²) >= 11 is 0. The maximum absolute atomic E-state index is 12.7. The van der Waals surface area contributed by atoms with E-state index in [0.29, 0.717) is 25.1 Å². The van der Waals surface area contributed by atoms with E-state index in [-0.39, 0.29) is 13.2 Å². The lowest BCUT2D eigenvalue weighted by molar-refractivity contribution is -0.138. The van der Waals surface area contributed by atoms with E-state index in [2.05, 4.69) is 0 Å². The van der Waals surface area contributed by atoms with Crippen LogP contribution in [0, 0.1) is 0 Å². The Balaban J connectivity index is 1.83. The van der Waals surface area contributed by atoms with Crippen molar-refractivity contribution in [3.05, 3.63) is 71.3 Å². The molecule has 0 bridgehead atoms. The van der Waals surface area contributed by atoms with Gasteiger partial charge in [0.2, 0.25) is 0 Å². The molecule has 0 N–H and O–H groups in total. The Morgan fingerprint density at radius 2 is 1.78 bits per heavy atom. The summed E-state index contributed by atoms with van der Waals surface area (Å²) in [4.78, 5) is 26.9. The first-order chi connectivity index (χ1) is 15.3. The lowest BCUT2D eigenvalue weighted by Crippen LogP contribution is -2.42. The Morgan fingerprint density at radius 3 is 2.47 bits per heavy atom. The topological polar surface area (TPSA) is 65.1 Å². The van der Waals surface area contributed by atoms with E-state index < -0.39 is 17.7 Å². The first-order valence-corrected chi connectivity index (χ1v) is 10.9. The van der Waals surface area contributed by atoms with Gasteiger partial charge < -0.3 is 19.1 Å². The van der Waals surface area contributed by atoms with Gasteiger partial charge in [0.1, 0.15) is 18.0 Å². The predicted molar refractivity (Wildman–Crippen MR) is 123 cm³/mol. The second kappa shape index (κ2) is 10.4. The second-order valence-electron chi connectivity index (χ2n) is 8.63. The number of hydrogen-bond donors (Lipinski definition) is 0. The summed E-state index contributed by atoms with van der Waals surface area (Å²) < 4.78 is 16.7. The van der Waals surface area contributed by atoms with Crippen molar-refractivity contribution in [1.29, 1.82) is 0 Å². The molecular formula is C26H31NO5. The Labute approximate surface area is 189 Å². The van der Waals surface area contributed by atoms with Gasteiger partial charge in [0.15, 0.2) is 0 Å². The monoisotopic (exact) mass is 437 g/mol. The Hall–Kier alpha value is -3.28. The van der Waals surface area contributed by atoms with Gasteiger partial charge >= 0.3 is 12.1 Å². The fourth-order valence-corrected chi connectivity index (χ4v) is 3.48. The van der Waals surface area contributed by atoms with Gasteiger partial charge in [0.05, 0.1) is 18.7 Å². The summed E-state index contributed by atoms with van der Waals surface area (Å²) in [7, 11) is 0. The fraction of sp³-hybridized carbons (Fsp3) is 0.385. The van der Waals surface area contributed by atoms with Gasteiger partial charge in [-0.15, -0.1) is 0 Å². The summed E-state index contributed by atoms with van der Waals surface area (Å²) in [5.41, 5.74) is 2.71. The molecule has 2 aromatic carbocycles. The zero-order valence-electron chi connectivity index (χ0n) is 19.2. The molecule has 0 aromatic heterocycles. The molecule has 0 fully saturated rings. The van der Waals surface area contributed by atoms with Crippen LogP contribution in [0.1, 0.15) is 45.2 Å². The molecule has 1 heterocycles. The summed E-state index contributed by atoms with van der Waals surface area (Å²) in [6.07, 6.45) is 0.0912. The van der Waals surface area contributed by atoms with Crippen molar-refractivity contribution in [2.45, 2.75) is 46.3 Å². The second-order valence-corrected chi connectivity index (χ2v) is 8.63. The molecule has 3 rings (SSSR count). The highest BCUT2D eigenvalue weighted by molar-refractivity contribution is 5.99. The molecular weight excluding hydrogens is 406 g/mol. The lowest BCUT2D eigenvalue weighted by Gasteiger charge is -2.32. The molecule has 6 nitrogen and oxygen atoms in total. The summed E-state index contributed by atoms with van der Waals surface area (Å²) in [6, 6.07) is 17.6. The molecule has 2 aromatic rings. The summed E-state index contributed by atoms with van der Waals surface area (Å²) in [5.74, 6) is 0.308. The standard InChI is InChI=1S/C26H31NO5/c1-5-30-24(28)23-17-27(25(29)32-26(2,3)4)15-14-22(23)20-12-9-13-21(16-20)31-18-19-10-7-6-8-11-19/h6-13,16H,5,14-15,17-18H2,1-4H3. The first kappa shape index (κ1) is 23.4. The SMILES string of the molecule is CCOC(=O)C1=C(c2cccc(OCc3ccccc3)c2)CCN(C(=O)OC(C)(C)C)C1. The van der Waals surface area contributed by atoms with Crippen LogP contribution in [0.25, 0.3) is 5.57 Å². The third-order valence-corrected chi connectivity index (χ3v) is 4.95. The van der Waals surface area contributed by atoms with Crippen molar-refractivity contribution in [2.75, 3.05) is 19.7 Å². The third kappa shape index (κ3) is 6.36. The number of hydrogen-bond acceptors (Lipinski definition) is 5. The van der Waals surface area contributed by atoms with Crippen molar-refractivity contribution in [3.8, 4) is 5.75 Å². The number of carbonyl (C=O) groups is 2. The molecule has 0 unspecified atom stereocenters. The minimum absolute atomic E-state index is 0.151. The van der Waals surface area contributed by atoms with Gasteiger partial charge in [0, 0.05) is 6.54 Å². The summed E-state index contributed by atoms with van der Waals surface area (Å²) in [6.45, 7) is 8.57. The van der Waals surface area contributed by atoms with E-state index >= 15 is 0 Å². The number of benzene rings is 2. The maximum Gasteiger partial charge on any atom is 0.410 e. The van der Waals surface area contributed by atoms with E-state index in [4.69, 9.17) is 14.2 Å². The molecule has 6 heteroatoms. The first-order valence-electron chi connectivity index (χ1n) is 10.9. The smallest absolute Gasteiger partial charge is 0.410 e. The largest absolute Gasteiger partial charge is 0.489 e. The van der Waals surface area contributed by atoms with Crippen molar-refractivity contribution in [2.24, 2.45) is 0 Å². The molecule has 1 amide bonds. The van der Waals surface area contributed by atoms with Crippen LogP contribution in [-0.4, -0.2) is 42.3 Å². The lowest BCUT2D eigenvalue weighted by atomic mass is 9.93. The molecule has 0 saturated carbocycles. The molecule has 1 aliphatic heterocycles. The van der Waals surface area contributed by atoms with Crippen LogP contribution >= 0.6 is 0 Å². The minimum Gasteiger partial charge on any atom is -0.489 e. The highest BCUT2D eigenvalue weighted by Gasteiger charge is 2.31. The van der Waals surface area contributed by atoms with E-state index in [0.717, 1.165) is 22.4 Å². The number of rotatable bonds is 6. The zero-order chi connectivity index (χ0) is 23.1. The van der Waals surface area contributed by atoms with Crippen LogP contribution in [0.5, 0.6) is 5.75 Å². The quantitative estimate of drug-likeness (QED) is 0.580. The molecule has 1 aliphatic rings. The van der Waals surface area contributed by atoms with Crippen molar-refractivity contribution in [1.82, 2.24) is 4.90 Å². The Morgan fingerprint density at radius 1 is 1.03 bits per heavy atom. The zero-order valence-corrected chi connectivity index (χ0v) is 19.2. The van der Waals surface area contributed by atoms with Crippen LogP contribution in [0.15, 0.2) is 60.2 Å². The molecule has 0 spiro atoms. The highest BCUT2D eigenvalue weighted by atomic mass is 16.6. The average molecular weight is 438 g/mol. The van der Waals surface area contributed by atoms with Gasteiger partial charge in [-0.3, -0.25) is 0 Å². The van der Waals surface area contributed by atoms with E-state index in [1.807, 2.05) is 75.4 Å². The van der Waals surface area contributed by atoms with Crippen molar-refractivity contribution < 1.29 is 23.8 Å². The van der Waals surface area contributed by atoms with Crippen molar-refractivity contribution >= 4 is 17.6 Å². The number of carbonyl (C=O) groups excluding carboxylic acids is 2. The van der Waals surface area contributed by atoms with Crippen LogP contribution in [0.3, 0.4) is 0 Å². The average Bonchev–Trinajstić information content (AvgIpc) is 2.77. The van der Waals surface area contributed by atoms with Crippen LogP contribution in [0.4, 0.5) is 4.79 Å². The Kier molecular flexibility index (Phi) is 7.57. The Bertz CT molecular complexity index is 975. The number of esters is 1. The fourth-order valence-electron chi connectivity index (χ4n) is 3.48. The summed E-state index contributed by atoms with van der Waals surface area (Å²) in [5, 5.41) is 0. The molecule has 32 heavy (non-hydrogen) atoms. The normalized spacial score (nSPS) is 14.2. The number of ether oxygens (including phenoxy) is 3. The molecule has 170 valence electrons. The van der Waals surface area contributed by atoms with E-state index in [1.165, 1.54) is 0 Å². The van der Waals surface area contributed by atoms with Gasteiger partial charge in [-0.25, -0.2) is 9.59 Å². The molecule has 0 saturated heterocycles. The van der Waals surface area contributed by atoms with E-state index in [1.54, 1.807) is 11.8 Å².